The molecule has 0 spiro atoms. The number of hydrogen-bond donors (Lipinski definition) is 0. The van der Waals surface area contributed by atoms with Crippen molar-refractivity contribution in [3.63, 3.8) is 0 Å². The predicted molar refractivity (Wildman–Crippen MR) is 47.6 cm³/mol. The molecule has 1 heterocycles. The lowest BCUT2D eigenvalue weighted by atomic mass is 9.92. The largest absolute Gasteiger partial charge is 0.377 e. The van der Waals surface area contributed by atoms with Crippen molar-refractivity contribution in [2.45, 2.75) is 33.6 Å². The van der Waals surface area contributed by atoms with Crippen molar-refractivity contribution in [1.82, 2.24) is 0 Å². The third-order valence-corrected chi connectivity index (χ3v) is 2.37. The Kier molecular flexibility index (Phi) is 3.13. The number of rotatable bonds is 2. The predicted octanol–water partition coefficient (Wildman–Crippen LogP) is 2.77. The summed E-state index contributed by atoms with van der Waals surface area (Å²) < 4.78 is 5.40. The molecule has 0 aromatic rings. The summed E-state index contributed by atoms with van der Waals surface area (Å²) in [5, 5.41) is 0. The zero-order valence-electron chi connectivity index (χ0n) is 7.81. The summed E-state index contributed by atoms with van der Waals surface area (Å²) in [6, 6.07) is 0. The molecular formula is C10H18O. The third kappa shape index (κ3) is 2.06. The maximum Gasteiger partial charge on any atom is 0.0679 e. The summed E-state index contributed by atoms with van der Waals surface area (Å²) in [5.74, 6) is 0.717. The highest BCUT2D eigenvalue weighted by atomic mass is 16.5. The van der Waals surface area contributed by atoms with Gasteiger partial charge in [0.15, 0.2) is 0 Å². The van der Waals surface area contributed by atoms with E-state index in [1.54, 1.807) is 5.57 Å². The molecule has 0 N–H and O–H groups in total. The molecule has 0 fully saturated rings. The van der Waals surface area contributed by atoms with Gasteiger partial charge in [-0.05, 0) is 24.3 Å². The molecule has 0 unspecified atom stereocenters. The summed E-state index contributed by atoms with van der Waals surface area (Å²) in [6.45, 7) is 8.57. The van der Waals surface area contributed by atoms with E-state index in [0.29, 0.717) is 5.92 Å². The van der Waals surface area contributed by atoms with E-state index >= 15 is 0 Å². The minimum Gasteiger partial charge on any atom is -0.377 e. The summed E-state index contributed by atoms with van der Waals surface area (Å²) in [4.78, 5) is 0. The van der Waals surface area contributed by atoms with E-state index < -0.39 is 0 Å². The van der Waals surface area contributed by atoms with Crippen molar-refractivity contribution >= 4 is 0 Å². The number of hydrogen-bond acceptors (Lipinski definition) is 1. The van der Waals surface area contributed by atoms with Gasteiger partial charge in [0.05, 0.1) is 13.2 Å². The lowest BCUT2D eigenvalue weighted by Crippen LogP contribution is -2.14. The van der Waals surface area contributed by atoms with E-state index in [1.807, 2.05) is 0 Å². The van der Waals surface area contributed by atoms with Crippen molar-refractivity contribution < 1.29 is 4.74 Å². The summed E-state index contributed by atoms with van der Waals surface area (Å²) >= 11 is 0. The Balaban J connectivity index is 2.73. The van der Waals surface area contributed by atoms with Crippen LogP contribution in [-0.4, -0.2) is 13.2 Å². The molecule has 0 aromatic carbocycles. The fourth-order valence-electron chi connectivity index (χ4n) is 1.67. The van der Waals surface area contributed by atoms with E-state index in [1.165, 1.54) is 5.57 Å². The van der Waals surface area contributed by atoms with Crippen LogP contribution in [0, 0.1) is 5.92 Å². The Morgan fingerprint density at radius 1 is 1.45 bits per heavy atom. The fourth-order valence-corrected chi connectivity index (χ4v) is 1.67. The molecule has 1 aliphatic rings. The molecule has 0 saturated heterocycles. The quantitative estimate of drug-likeness (QED) is 0.556. The molecule has 1 aliphatic heterocycles. The second-order valence-corrected chi connectivity index (χ2v) is 3.44. The summed E-state index contributed by atoms with van der Waals surface area (Å²) in [6.07, 6.45) is 2.31. The van der Waals surface area contributed by atoms with E-state index in [2.05, 4.69) is 20.8 Å². The first kappa shape index (κ1) is 8.79. The van der Waals surface area contributed by atoms with Gasteiger partial charge in [0.2, 0.25) is 0 Å². The average Bonchev–Trinajstić information content (AvgIpc) is 2.04. The molecule has 0 aliphatic carbocycles. The lowest BCUT2D eigenvalue weighted by molar-refractivity contribution is 0.141. The van der Waals surface area contributed by atoms with Crippen LogP contribution >= 0.6 is 0 Å². The molecule has 0 saturated carbocycles. The zero-order valence-corrected chi connectivity index (χ0v) is 7.81. The molecule has 1 rings (SSSR count). The van der Waals surface area contributed by atoms with Gasteiger partial charge in [-0.1, -0.05) is 26.3 Å². The van der Waals surface area contributed by atoms with Crippen LogP contribution in [0.25, 0.3) is 0 Å². The molecular weight excluding hydrogens is 136 g/mol. The first-order chi connectivity index (χ1) is 5.25. The molecule has 0 amide bonds. The van der Waals surface area contributed by atoms with Crippen LogP contribution in [0.2, 0.25) is 0 Å². The Labute approximate surface area is 69.4 Å². The van der Waals surface area contributed by atoms with Gasteiger partial charge >= 0.3 is 0 Å². The molecule has 64 valence electrons. The monoisotopic (exact) mass is 154 g/mol. The minimum absolute atomic E-state index is 0.717. The van der Waals surface area contributed by atoms with Crippen molar-refractivity contribution in [1.29, 1.82) is 0 Å². The Hall–Kier alpha value is -0.300. The Bertz CT molecular complexity index is 156. The Morgan fingerprint density at radius 3 is 2.64 bits per heavy atom. The van der Waals surface area contributed by atoms with Gasteiger partial charge in [-0.25, -0.2) is 0 Å². The van der Waals surface area contributed by atoms with Crippen molar-refractivity contribution in [2.24, 2.45) is 5.92 Å². The van der Waals surface area contributed by atoms with Gasteiger partial charge in [-0.3, -0.25) is 0 Å². The molecule has 0 atom stereocenters. The highest BCUT2D eigenvalue weighted by Gasteiger charge is 2.13. The smallest absolute Gasteiger partial charge is 0.0679 e. The van der Waals surface area contributed by atoms with Crippen LogP contribution in [-0.2, 0) is 4.74 Å². The van der Waals surface area contributed by atoms with Crippen LogP contribution < -0.4 is 0 Å². The topological polar surface area (TPSA) is 9.23 Å². The van der Waals surface area contributed by atoms with Crippen LogP contribution in [0.15, 0.2) is 11.1 Å². The zero-order chi connectivity index (χ0) is 8.27. The molecule has 0 bridgehead atoms. The van der Waals surface area contributed by atoms with E-state index in [0.717, 1.165) is 26.1 Å². The molecule has 0 aromatic heterocycles. The minimum atomic E-state index is 0.717. The maximum atomic E-state index is 5.40. The van der Waals surface area contributed by atoms with Gasteiger partial charge < -0.3 is 4.74 Å². The van der Waals surface area contributed by atoms with Crippen LogP contribution in [0.4, 0.5) is 0 Å². The van der Waals surface area contributed by atoms with Gasteiger partial charge in [-0.2, -0.15) is 0 Å². The van der Waals surface area contributed by atoms with Gasteiger partial charge in [0.1, 0.15) is 0 Å². The Morgan fingerprint density at radius 2 is 2.18 bits per heavy atom. The molecule has 1 nitrogen and oxygen atoms in total. The molecule has 11 heavy (non-hydrogen) atoms. The highest BCUT2D eigenvalue weighted by molar-refractivity contribution is 5.18. The summed E-state index contributed by atoms with van der Waals surface area (Å²) in [5.41, 5.74) is 3.17. The summed E-state index contributed by atoms with van der Waals surface area (Å²) in [7, 11) is 0. The van der Waals surface area contributed by atoms with Gasteiger partial charge in [0, 0.05) is 0 Å². The third-order valence-electron chi connectivity index (χ3n) is 2.37. The SMILES string of the molecule is CCC1=C(C(C)C)CCOC1. The van der Waals surface area contributed by atoms with Crippen LogP contribution in [0.5, 0.6) is 0 Å². The standard InChI is InChI=1S/C10H18O/c1-4-9-7-11-6-5-10(9)8(2)3/h8H,4-7H2,1-3H3. The van der Waals surface area contributed by atoms with E-state index in [9.17, 15) is 0 Å². The maximum absolute atomic E-state index is 5.40. The molecule has 0 radical (unpaired) electrons. The molecule has 1 heteroatoms. The van der Waals surface area contributed by atoms with Crippen molar-refractivity contribution in [2.75, 3.05) is 13.2 Å². The second-order valence-electron chi connectivity index (χ2n) is 3.44. The fraction of sp³-hybridized carbons (Fsp3) is 0.800. The first-order valence-corrected chi connectivity index (χ1v) is 4.54. The lowest BCUT2D eigenvalue weighted by Gasteiger charge is -2.22. The number of ether oxygens (including phenoxy) is 1. The highest BCUT2D eigenvalue weighted by Crippen LogP contribution is 2.24. The van der Waals surface area contributed by atoms with Crippen LogP contribution in [0.3, 0.4) is 0 Å². The van der Waals surface area contributed by atoms with Crippen molar-refractivity contribution in [3.8, 4) is 0 Å². The van der Waals surface area contributed by atoms with E-state index in [-0.39, 0.29) is 0 Å². The second kappa shape index (κ2) is 3.91. The van der Waals surface area contributed by atoms with Crippen LogP contribution in [0.1, 0.15) is 33.6 Å². The van der Waals surface area contributed by atoms with E-state index in [4.69, 9.17) is 4.74 Å². The normalized spacial score (nSPS) is 19.6. The average molecular weight is 154 g/mol. The first-order valence-electron chi connectivity index (χ1n) is 4.54. The van der Waals surface area contributed by atoms with Crippen molar-refractivity contribution in [3.05, 3.63) is 11.1 Å². The van der Waals surface area contributed by atoms with Gasteiger partial charge in [0.25, 0.3) is 0 Å². The van der Waals surface area contributed by atoms with Gasteiger partial charge in [-0.15, -0.1) is 0 Å².